The highest BCUT2D eigenvalue weighted by Crippen LogP contribution is 2.48. The van der Waals surface area contributed by atoms with E-state index in [1.54, 1.807) is 0 Å². The maximum absolute atomic E-state index is 11.9. The molecule has 1 aromatic heterocycles. The Morgan fingerprint density at radius 1 is 1.29 bits per heavy atom. The van der Waals surface area contributed by atoms with Gasteiger partial charge < -0.3 is 20.5 Å². The van der Waals surface area contributed by atoms with Crippen molar-refractivity contribution in [1.82, 2.24) is 15.6 Å². The second kappa shape index (κ2) is 10.5. The highest BCUT2D eigenvalue weighted by molar-refractivity contribution is 6.30. The largest absolute Gasteiger partial charge is 0.471 e. The predicted molar refractivity (Wildman–Crippen MR) is 139 cm³/mol. The molecule has 0 unspecified atom stereocenters. The van der Waals surface area contributed by atoms with Crippen LogP contribution in [0.1, 0.15) is 76.1 Å². The van der Waals surface area contributed by atoms with Crippen LogP contribution in [0.25, 0.3) is 0 Å². The van der Waals surface area contributed by atoms with Gasteiger partial charge in [-0.15, -0.1) is 0 Å². The van der Waals surface area contributed by atoms with Crippen molar-refractivity contribution >= 4 is 17.5 Å². The molecule has 2 aromatic rings. The van der Waals surface area contributed by atoms with E-state index in [-0.39, 0.29) is 23.0 Å². The lowest BCUT2D eigenvalue weighted by molar-refractivity contribution is -0.120. The topological polar surface area (TPSA) is 83.5 Å². The molecule has 3 atom stereocenters. The van der Waals surface area contributed by atoms with Crippen molar-refractivity contribution in [3.8, 4) is 5.88 Å². The zero-order valence-electron chi connectivity index (χ0n) is 21.2. The summed E-state index contributed by atoms with van der Waals surface area (Å²) >= 11 is 6.14. The molecular weight excluding hydrogens is 462 g/mol. The molecule has 2 aliphatic rings. The fourth-order valence-corrected chi connectivity index (χ4v) is 5.43. The molecule has 7 heteroatoms. The number of hydrogen-bond acceptors (Lipinski definition) is 5. The van der Waals surface area contributed by atoms with Crippen molar-refractivity contribution in [2.75, 3.05) is 6.54 Å². The van der Waals surface area contributed by atoms with Crippen LogP contribution in [0, 0.1) is 5.41 Å². The molecule has 1 spiro atoms. The first-order valence-electron chi connectivity index (χ1n) is 12.6. The second-order valence-electron chi connectivity index (χ2n) is 11.5. The van der Waals surface area contributed by atoms with Crippen molar-refractivity contribution in [3.63, 3.8) is 0 Å². The molecule has 1 aliphatic heterocycles. The summed E-state index contributed by atoms with van der Waals surface area (Å²) in [4.78, 5) is 16.6. The van der Waals surface area contributed by atoms with Crippen LogP contribution in [0.2, 0.25) is 5.02 Å². The third-order valence-electron chi connectivity index (χ3n) is 6.97. The Balaban J connectivity index is 1.50. The van der Waals surface area contributed by atoms with Gasteiger partial charge in [-0.3, -0.25) is 4.79 Å². The Labute approximate surface area is 213 Å². The number of nitrogens with one attached hydrogen (secondary N) is 2. The van der Waals surface area contributed by atoms with E-state index in [2.05, 4.69) is 37.5 Å². The van der Waals surface area contributed by atoms with Crippen LogP contribution in [-0.4, -0.2) is 40.3 Å². The number of carbonyl (C=O) groups is 1. The molecule has 1 aromatic carbocycles. The molecule has 6 nitrogen and oxygen atoms in total. The summed E-state index contributed by atoms with van der Waals surface area (Å²) in [6.45, 7) is 8.49. The first-order valence-corrected chi connectivity index (χ1v) is 13.0. The van der Waals surface area contributed by atoms with Gasteiger partial charge in [-0.05, 0) is 66.8 Å². The van der Waals surface area contributed by atoms with Gasteiger partial charge in [-0.1, -0.05) is 44.5 Å². The lowest BCUT2D eigenvalue weighted by atomic mass is 9.73. The maximum atomic E-state index is 11.9. The number of aliphatic hydroxyl groups excluding tert-OH is 1. The minimum Gasteiger partial charge on any atom is -0.471 e. The van der Waals surface area contributed by atoms with Crippen LogP contribution in [0.4, 0.5) is 0 Å². The fourth-order valence-electron chi connectivity index (χ4n) is 5.21. The Kier molecular flexibility index (Phi) is 7.74. The third-order valence-corrected chi connectivity index (χ3v) is 7.21. The van der Waals surface area contributed by atoms with Crippen molar-refractivity contribution in [1.29, 1.82) is 0 Å². The lowest BCUT2D eigenvalue weighted by Crippen LogP contribution is -2.52. The summed E-state index contributed by atoms with van der Waals surface area (Å²) < 4.78 is 6.38. The molecule has 2 heterocycles. The van der Waals surface area contributed by atoms with Gasteiger partial charge >= 0.3 is 0 Å². The number of hydrogen-bond donors (Lipinski definition) is 3. The van der Waals surface area contributed by atoms with E-state index in [0.717, 1.165) is 43.2 Å². The number of aromatic nitrogens is 1. The number of pyridine rings is 1. The molecule has 3 N–H and O–H groups in total. The van der Waals surface area contributed by atoms with Crippen LogP contribution >= 0.6 is 11.6 Å². The van der Waals surface area contributed by atoms with Crippen molar-refractivity contribution in [2.24, 2.45) is 5.41 Å². The second-order valence-corrected chi connectivity index (χ2v) is 11.9. The SMILES string of the molecule is CC(=O)N[C@@H](Cc1cccc(Cl)c1)[C@H](O)CN[C@H]1CC2(CCC2)Oc2ncc(CC(C)(C)C)cc21. The zero-order valence-corrected chi connectivity index (χ0v) is 22.0. The van der Waals surface area contributed by atoms with Gasteiger partial charge in [-0.2, -0.15) is 0 Å². The van der Waals surface area contributed by atoms with Gasteiger partial charge in [-0.25, -0.2) is 4.98 Å². The summed E-state index contributed by atoms with van der Waals surface area (Å²) in [6, 6.07) is 9.34. The number of amides is 1. The molecule has 1 fully saturated rings. The number of benzene rings is 1. The van der Waals surface area contributed by atoms with Crippen LogP contribution in [0.15, 0.2) is 36.5 Å². The van der Waals surface area contributed by atoms with Gasteiger partial charge in [0.15, 0.2) is 0 Å². The van der Waals surface area contributed by atoms with E-state index < -0.39 is 12.1 Å². The molecule has 0 saturated heterocycles. The lowest BCUT2D eigenvalue weighted by Gasteiger charge is -2.47. The normalized spacial score (nSPS) is 20.3. The van der Waals surface area contributed by atoms with Crippen LogP contribution in [0.5, 0.6) is 5.88 Å². The first kappa shape index (κ1) is 25.9. The Bertz CT molecular complexity index is 1050. The Morgan fingerprint density at radius 3 is 2.69 bits per heavy atom. The van der Waals surface area contributed by atoms with E-state index in [1.807, 2.05) is 30.5 Å². The van der Waals surface area contributed by atoms with E-state index in [0.29, 0.717) is 23.9 Å². The first-order chi connectivity index (χ1) is 16.5. The highest BCUT2D eigenvalue weighted by Gasteiger charge is 2.46. The Hall–Kier alpha value is -2.15. The quantitative estimate of drug-likeness (QED) is 0.487. The number of aliphatic hydroxyl groups is 1. The van der Waals surface area contributed by atoms with E-state index in [9.17, 15) is 9.90 Å². The number of ether oxygens (including phenoxy) is 1. The molecule has 190 valence electrons. The highest BCUT2D eigenvalue weighted by atomic mass is 35.5. The number of carbonyl (C=O) groups excluding carboxylic acids is 1. The summed E-state index contributed by atoms with van der Waals surface area (Å²) in [5.41, 5.74) is 3.21. The van der Waals surface area contributed by atoms with Gasteiger partial charge in [0.25, 0.3) is 0 Å². The van der Waals surface area contributed by atoms with Gasteiger partial charge in [0.05, 0.1) is 12.1 Å². The number of halogens is 1. The van der Waals surface area contributed by atoms with Crippen molar-refractivity contribution in [2.45, 2.75) is 90.0 Å². The molecule has 35 heavy (non-hydrogen) atoms. The van der Waals surface area contributed by atoms with E-state index in [1.165, 1.54) is 12.5 Å². The zero-order chi connectivity index (χ0) is 25.2. The third kappa shape index (κ3) is 6.75. The molecule has 1 amide bonds. The van der Waals surface area contributed by atoms with Crippen molar-refractivity contribution < 1.29 is 14.6 Å². The van der Waals surface area contributed by atoms with Crippen LogP contribution in [-0.2, 0) is 17.6 Å². The van der Waals surface area contributed by atoms with Crippen LogP contribution < -0.4 is 15.4 Å². The Morgan fingerprint density at radius 2 is 2.06 bits per heavy atom. The number of rotatable bonds is 8. The molecular formula is C28H38ClN3O3. The maximum Gasteiger partial charge on any atom is 0.218 e. The minimum absolute atomic E-state index is 0.0327. The van der Waals surface area contributed by atoms with Crippen LogP contribution in [0.3, 0.4) is 0 Å². The standard InChI is InChI=1S/C28H38ClN3O3/c1-18(33)32-23(13-19-7-5-8-21(29)11-19)25(34)17-30-24-15-28(9-6-10-28)35-26-22(24)12-20(16-31-26)14-27(2,3)4/h5,7-8,11-12,16,23-25,30,34H,6,9-10,13-15,17H2,1-4H3,(H,32,33)/t23-,24-,25+/m0/s1. The minimum atomic E-state index is -0.771. The molecule has 1 saturated carbocycles. The monoisotopic (exact) mass is 499 g/mol. The van der Waals surface area contributed by atoms with Gasteiger partial charge in [0.2, 0.25) is 11.8 Å². The molecule has 0 radical (unpaired) electrons. The molecule has 0 bridgehead atoms. The molecule has 4 rings (SSSR count). The average molecular weight is 500 g/mol. The summed E-state index contributed by atoms with van der Waals surface area (Å²) in [5, 5.41) is 18.3. The van der Waals surface area contributed by atoms with Gasteiger partial charge in [0.1, 0.15) is 5.60 Å². The summed E-state index contributed by atoms with van der Waals surface area (Å²) in [6.07, 6.45) is 6.66. The number of fused-ring (bicyclic) bond motifs is 1. The summed E-state index contributed by atoms with van der Waals surface area (Å²) in [5.74, 6) is 0.537. The van der Waals surface area contributed by atoms with E-state index >= 15 is 0 Å². The predicted octanol–water partition coefficient (Wildman–Crippen LogP) is 4.77. The molecule has 1 aliphatic carbocycles. The number of nitrogens with zero attached hydrogens (tertiary/aromatic N) is 1. The smallest absolute Gasteiger partial charge is 0.218 e. The van der Waals surface area contributed by atoms with Crippen molar-refractivity contribution in [3.05, 3.63) is 58.2 Å². The average Bonchev–Trinajstić information content (AvgIpc) is 2.74. The fraction of sp³-hybridized carbons (Fsp3) is 0.571. The van der Waals surface area contributed by atoms with E-state index in [4.69, 9.17) is 21.3 Å². The van der Waals surface area contributed by atoms with Gasteiger partial charge in [0, 0.05) is 42.7 Å². The summed E-state index contributed by atoms with van der Waals surface area (Å²) in [7, 11) is 0.